The molecular formula is C17H30N2O2. The SMILES string of the molecule is CCNC(c1cncc(OCC)c1)C(OCC)C(C)(C)C. The molecule has 0 aliphatic heterocycles. The average Bonchev–Trinajstić information content (AvgIpc) is 2.42. The molecular weight excluding hydrogens is 264 g/mol. The summed E-state index contributed by atoms with van der Waals surface area (Å²) in [6.07, 6.45) is 3.72. The molecule has 0 aliphatic rings. The Balaban J connectivity index is 3.11. The second-order valence-corrected chi connectivity index (χ2v) is 6.16. The minimum absolute atomic E-state index is 0.0322. The Morgan fingerprint density at radius 1 is 1.14 bits per heavy atom. The molecule has 4 nitrogen and oxygen atoms in total. The lowest BCUT2D eigenvalue weighted by Gasteiger charge is -2.37. The molecule has 2 atom stereocenters. The minimum atomic E-state index is 0.0322. The Bertz CT molecular complexity index is 415. The summed E-state index contributed by atoms with van der Waals surface area (Å²) in [6.45, 7) is 15.0. The van der Waals surface area contributed by atoms with E-state index in [1.807, 2.05) is 20.0 Å². The van der Waals surface area contributed by atoms with Gasteiger partial charge < -0.3 is 14.8 Å². The molecule has 0 spiro atoms. The summed E-state index contributed by atoms with van der Waals surface area (Å²) in [5.41, 5.74) is 1.14. The van der Waals surface area contributed by atoms with Crippen molar-refractivity contribution in [1.29, 1.82) is 0 Å². The van der Waals surface area contributed by atoms with Crippen LogP contribution in [0.3, 0.4) is 0 Å². The van der Waals surface area contributed by atoms with Gasteiger partial charge in [0.25, 0.3) is 0 Å². The topological polar surface area (TPSA) is 43.4 Å². The second kappa shape index (κ2) is 8.35. The van der Waals surface area contributed by atoms with Crippen LogP contribution in [-0.4, -0.2) is 30.8 Å². The summed E-state index contributed by atoms with van der Waals surface area (Å²) in [5.74, 6) is 0.807. The van der Waals surface area contributed by atoms with Crippen LogP contribution in [0, 0.1) is 5.41 Å². The van der Waals surface area contributed by atoms with E-state index in [2.05, 4.69) is 44.1 Å². The van der Waals surface area contributed by atoms with Gasteiger partial charge in [-0.25, -0.2) is 0 Å². The number of ether oxygens (including phenoxy) is 2. The first-order valence-electron chi connectivity index (χ1n) is 7.86. The first kappa shape index (κ1) is 17.9. The van der Waals surface area contributed by atoms with Gasteiger partial charge in [0.05, 0.1) is 24.9 Å². The number of pyridine rings is 1. The number of hydrogen-bond acceptors (Lipinski definition) is 4. The van der Waals surface area contributed by atoms with Crippen molar-refractivity contribution in [1.82, 2.24) is 10.3 Å². The smallest absolute Gasteiger partial charge is 0.137 e. The fraction of sp³-hybridized carbons (Fsp3) is 0.706. The predicted molar refractivity (Wildman–Crippen MR) is 86.7 cm³/mol. The highest BCUT2D eigenvalue weighted by molar-refractivity contribution is 5.27. The van der Waals surface area contributed by atoms with Gasteiger partial charge in [-0.3, -0.25) is 4.98 Å². The van der Waals surface area contributed by atoms with E-state index in [9.17, 15) is 0 Å². The predicted octanol–water partition coefficient (Wildman–Crippen LogP) is 3.58. The quantitative estimate of drug-likeness (QED) is 0.796. The summed E-state index contributed by atoms with van der Waals surface area (Å²) in [6, 6.07) is 2.16. The highest BCUT2D eigenvalue weighted by atomic mass is 16.5. The van der Waals surface area contributed by atoms with E-state index in [0.29, 0.717) is 13.2 Å². The molecule has 4 heteroatoms. The first-order chi connectivity index (χ1) is 9.93. The molecule has 1 N–H and O–H groups in total. The van der Waals surface area contributed by atoms with Crippen LogP contribution in [0.15, 0.2) is 18.5 Å². The van der Waals surface area contributed by atoms with Crippen LogP contribution < -0.4 is 10.1 Å². The maximum Gasteiger partial charge on any atom is 0.137 e. The number of likely N-dealkylation sites (N-methyl/N-ethyl adjacent to an activating group) is 1. The van der Waals surface area contributed by atoms with Crippen molar-refractivity contribution in [3.8, 4) is 5.75 Å². The zero-order valence-electron chi connectivity index (χ0n) is 14.3. The Morgan fingerprint density at radius 2 is 1.86 bits per heavy atom. The third-order valence-electron chi connectivity index (χ3n) is 3.33. The monoisotopic (exact) mass is 294 g/mol. The molecule has 1 heterocycles. The van der Waals surface area contributed by atoms with Gasteiger partial charge in [-0.05, 0) is 37.4 Å². The van der Waals surface area contributed by atoms with Gasteiger partial charge in [0.2, 0.25) is 0 Å². The van der Waals surface area contributed by atoms with E-state index in [4.69, 9.17) is 9.47 Å². The number of nitrogens with zero attached hydrogens (tertiary/aromatic N) is 1. The molecule has 0 bridgehead atoms. The fourth-order valence-corrected chi connectivity index (χ4v) is 2.50. The molecule has 1 aromatic heterocycles. The van der Waals surface area contributed by atoms with Crippen LogP contribution in [-0.2, 0) is 4.74 Å². The molecule has 0 saturated heterocycles. The molecule has 0 radical (unpaired) electrons. The van der Waals surface area contributed by atoms with E-state index in [1.165, 1.54) is 0 Å². The van der Waals surface area contributed by atoms with Gasteiger partial charge in [-0.15, -0.1) is 0 Å². The van der Waals surface area contributed by atoms with Crippen molar-refractivity contribution in [3.05, 3.63) is 24.0 Å². The number of aromatic nitrogens is 1. The van der Waals surface area contributed by atoms with Crippen molar-refractivity contribution in [2.45, 2.75) is 53.7 Å². The van der Waals surface area contributed by atoms with E-state index < -0.39 is 0 Å². The van der Waals surface area contributed by atoms with E-state index in [0.717, 1.165) is 17.9 Å². The van der Waals surface area contributed by atoms with Crippen molar-refractivity contribution in [2.24, 2.45) is 5.41 Å². The molecule has 0 aromatic carbocycles. The Labute approximate surface area is 129 Å². The standard InChI is InChI=1S/C17H30N2O2/c1-7-19-15(16(21-9-3)17(4,5)6)13-10-14(20-8-2)12-18-11-13/h10-12,15-16,19H,7-9H2,1-6H3. The normalized spacial score (nSPS) is 14.8. The third kappa shape index (κ3) is 5.29. The number of hydrogen-bond donors (Lipinski definition) is 1. The fourth-order valence-electron chi connectivity index (χ4n) is 2.50. The molecule has 1 aromatic rings. The lowest BCUT2D eigenvalue weighted by molar-refractivity contribution is -0.0363. The Hall–Kier alpha value is -1.13. The first-order valence-corrected chi connectivity index (χ1v) is 7.86. The van der Waals surface area contributed by atoms with Crippen LogP contribution in [0.1, 0.15) is 53.1 Å². The van der Waals surface area contributed by atoms with Crippen LogP contribution in [0.5, 0.6) is 5.75 Å². The molecule has 120 valence electrons. The third-order valence-corrected chi connectivity index (χ3v) is 3.33. The molecule has 0 aliphatic carbocycles. The lowest BCUT2D eigenvalue weighted by atomic mass is 9.82. The number of nitrogens with one attached hydrogen (secondary N) is 1. The second-order valence-electron chi connectivity index (χ2n) is 6.16. The largest absolute Gasteiger partial charge is 0.492 e. The summed E-state index contributed by atoms with van der Waals surface area (Å²) in [5, 5.41) is 3.54. The summed E-state index contributed by atoms with van der Waals surface area (Å²) in [4.78, 5) is 4.31. The van der Waals surface area contributed by atoms with Crippen LogP contribution in [0.4, 0.5) is 0 Å². The Kier molecular flexibility index (Phi) is 7.12. The summed E-state index contributed by atoms with van der Waals surface area (Å²) >= 11 is 0. The van der Waals surface area contributed by atoms with Gasteiger partial charge in [0.15, 0.2) is 0 Å². The minimum Gasteiger partial charge on any atom is -0.492 e. The Morgan fingerprint density at radius 3 is 2.38 bits per heavy atom. The van der Waals surface area contributed by atoms with E-state index in [-0.39, 0.29) is 17.6 Å². The molecule has 1 rings (SSSR count). The van der Waals surface area contributed by atoms with Crippen molar-refractivity contribution in [2.75, 3.05) is 19.8 Å². The van der Waals surface area contributed by atoms with Gasteiger partial charge in [0.1, 0.15) is 5.75 Å². The van der Waals surface area contributed by atoms with Crippen molar-refractivity contribution in [3.63, 3.8) is 0 Å². The zero-order valence-corrected chi connectivity index (χ0v) is 14.3. The van der Waals surface area contributed by atoms with Crippen molar-refractivity contribution >= 4 is 0 Å². The molecule has 0 saturated carbocycles. The summed E-state index contributed by atoms with van der Waals surface area (Å²) in [7, 11) is 0. The van der Waals surface area contributed by atoms with Gasteiger partial charge in [-0.1, -0.05) is 27.7 Å². The lowest BCUT2D eigenvalue weighted by Crippen LogP contribution is -2.42. The van der Waals surface area contributed by atoms with Gasteiger partial charge in [0, 0.05) is 12.8 Å². The molecule has 0 fully saturated rings. The average molecular weight is 294 g/mol. The van der Waals surface area contributed by atoms with Crippen LogP contribution in [0.25, 0.3) is 0 Å². The van der Waals surface area contributed by atoms with Crippen LogP contribution >= 0.6 is 0 Å². The van der Waals surface area contributed by atoms with Crippen LogP contribution in [0.2, 0.25) is 0 Å². The number of rotatable bonds is 8. The highest BCUT2D eigenvalue weighted by Gasteiger charge is 2.33. The highest BCUT2D eigenvalue weighted by Crippen LogP contribution is 2.33. The maximum absolute atomic E-state index is 6.04. The van der Waals surface area contributed by atoms with E-state index in [1.54, 1.807) is 6.20 Å². The maximum atomic E-state index is 6.04. The molecule has 21 heavy (non-hydrogen) atoms. The van der Waals surface area contributed by atoms with E-state index >= 15 is 0 Å². The van der Waals surface area contributed by atoms with Crippen molar-refractivity contribution < 1.29 is 9.47 Å². The zero-order chi connectivity index (χ0) is 15.9. The van der Waals surface area contributed by atoms with Gasteiger partial charge in [-0.2, -0.15) is 0 Å². The summed E-state index contributed by atoms with van der Waals surface area (Å²) < 4.78 is 11.6. The molecule has 0 amide bonds. The molecule has 2 unspecified atom stereocenters. The van der Waals surface area contributed by atoms with Gasteiger partial charge >= 0.3 is 0 Å².